The number of anilines is 2. The number of ether oxygens (including phenoxy) is 2. The fourth-order valence-electron chi connectivity index (χ4n) is 5.10. The molecule has 0 aliphatic carbocycles. The van der Waals surface area contributed by atoms with Crippen molar-refractivity contribution in [1.82, 2.24) is 0 Å². The molecule has 4 heteroatoms. The van der Waals surface area contributed by atoms with Crippen LogP contribution in [0.2, 0.25) is 0 Å². The van der Waals surface area contributed by atoms with E-state index in [2.05, 4.69) is 60.4 Å². The van der Waals surface area contributed by atoms with Gasteiger partial charge in [0.25, 0.3) is 0 Å². The van der Waals surface area contributed by atoms with E-state index in [1.54, 1.807) is 6.07 Å². The number of hydrogen-bond donors (Lipinski definition) is 0. The monoisotopic (exact) mass is 465 g/mol. The fourth-order valence-corrected chi connectivity index (χ4v) is 5.10. The standard InChI is InChI=1S/C31H31NO3/c1-22(27-17-9-12-23-11-3-4-16-28(23)27)10-7-15-26-21-32(29-18-5-6-19-30(29)35-26)25-14-8-13-24(20-25)31(33)34-2/h3-6,8-9,11-14,16-20,22,26H,7,10,15,21H2,1-2H3/t22-,26?/m0/s1. The molecule has 0 bridgehead atoms. The van der Waals surface area contributed by atoms with E-state index in [1.807, 2.05) is 36.4 Å². The predicted molar refractivity (Wildman–Crippen MR) is 142 cm³/mol. The van der Waals surface area contributed by atoms with Gasteiger partial charge in [0.05, 0.1) is 24.9 Å². The first-order chi connectivity index (χ1) is 17.1. The first kappa shape index (κ1) is 23.0. The van der Waals surface area contributed by atoms with Crippen molar-refractivity contribution in [3.8, 4) is 5.75 Å². The number of esters is 1. The maximum absolute atomic E-state index is 12.1. The van der Waals surface area contributed by atoms with E-state index in [0.29, 0.717) is 11.5 Å². The van der Waals surface area contributed by atoms with Gasteiger partial charge in [-0.2, -0.15) is 0 Å². The first-order valence-corrected chi connectivity index (χ1v) is 12.3. The smallest absolute Gasteiger partial charge is 0.337 e. The van der Waals surface area contributed by atoms with Crippen molar-refractivity contribution in [2.24, 2.45) is 0 Å². The molecule has 1 heterocycles. The summed E-state index contributed by atoms with van der Waals surface area (Å²) >= 11 is 0. The Hall–Kier alpha value is -3.79. The quantitative estimate of drug-likeness (QED) is 0.265. The molecule has 2 atom stereocenters. The van der Waals surface area contributed by atoms with E-state index >= 15 is 0 Å². The van der Waals surface area contributed by atoms with Gasteiger partial charge < -0.3 is 14.4 Å². The third-order valence-corrected chi connectivity index (χ3v) is 6.93. The summed E-state index contributed by atoms with van der Waals surface area (Å²) < 4.78 is 11.3. The SMILES string of the molecule is COC(=O)c1cccc(N2CC(CCC[C@H](C)c3cccc4ccccc34)Oc3ccccc32)c1. The van der Waals surface area contributed by atoms with E-state index < -0.39 is 0 Å². The minimum atomic E-state index is -0.327. The van der Waals surface area contributed by atoms with Crippen molar-refractivity contribution in [3.05, 3.63) is 102 Å². The van der Waals surface area contributed by atoms with Crippen LogP contribution in [-0.4, -0.2) is 25.7 Å². The number of rotatable bonds is 7. The summed E-state index contributed by atoms with van der Waals surface area (Å²) in [6.45, 7) is 3.06. The Morgan fingerprint density at radius 3 is 2.66 bits per heavy atom. The van der Waals surface area contributed by atoms with Gasteiger partial charge in [-0.25, -0.2) is 4.79 Å². The first-order valence-electron chi connectivity index (χ1n) is 12.3. The molecular weight excluding hydrogens is 434 g/mol. The van der Waals surface area contributed by atoms with Crippen LogP contribution in [0.15, 0.2) is 91.0 Å². The largest absolute Gasteiger partial charge is 0.486 e. The number of para-hydroxylation sites is 2. The second kappa shape index (κ2) is 10.2. The molecule has 4 nitrogen and oxygen atoms in total. The van der Waals surface area contributed by atoms with Crippen LogP contribution in [0.3, 0.4) is 0 Å². The number of carbonyl (C=O) groups is 1. The van der Waals surface area contributed by atoms with E-state index in [4.69, 9.17) is 9.47 Å². The zero-order chi connectivity index (χ0) is 24.2. The summed E-state index contributed by atoms with van der Waals surface area (Å²) in [5, 5.41) is 2.65. The van der Waals surface area contributed by atoms with Crippen molar-refractivity contribution in [2.45, 2.75) is 38.2 Å². The third-order valence-electron chi connectivity index (χ3n) is 6.93. The minimum Gasteiger partial charge on any atom is -0.486 e. The molecule has 5 rings (SSSR count). The minimum absolute atomic E-state index is 0.0754. The summed E-state index contributed by atoms with van der Waals surface area (Å²) in [5.41, 5.74) is 3.96. The van der Waals surface area contributed by atoms with Gasteiger partial charge in [0.1, 0.15) is 11.9 Å². The van der Waals surface area contributed by atoms with E-state index in [0.717, 1.165) is 42.9 Å². The van der Waals surface area contributed by atoms with Crippen molar-refractivity contribution in [1.29, 1.82) is 0 Å². The molecular formula is C31H31NO3. The Labute approximate surface area is 207 Å². The van der Waals surface area contributed by atoms with E-state index in [-0.39, 0.29) is 12.1 Å². The molecule has 0 fully saturated rings. The Bertz CT molecular complexity index is 1330. The molecule has 35 heavy (non-hydrogen) atoms. The summed E-state index contributed by atoms with van der Waals surface area (Å²) in [5.74, 6) is 1.03. The van der Waals surface area contributed by atoms with Crippen molar-refractivity contribution < 1.29 is 14.3 Å². The van der Waals surface area contributed by atoms with E-state index in [1.165, 1.54) is 23.4 Å². The van der Waals surface area contributed by atoms with Crippen LogP contribution in [0.4, 0.5) is 11.4 Å². The fraction of sp³-hybridized carbons (Fsp3) is 0.258. The Balaban J connectivity index is 1.30. The molecule has 4 aromatic rings. The van der Waals surface area contributed by atoms with Crippen molar-refractivity contribution in [3.63, 3.8) is 0 Å². The zero-order valence-electron chi connectivity index (χ0n) is 20.3. The summed E-state index contributed by atoms with van der Waals surface area (Å²) in [6, 6.07) is 31.0. The summed E-state index contributed by atoms with van der Waals surface area (Å²) in [7, 11) is 1.41. The number of methoxy groups -OCH3 is 1. The van der Waals surface area contributed by atoms with Crippen LogP contribution in [0, 0.1) is 0 Å². The second-order valence-electron chi connectivity index (χ2n) is 9.26. The molecule has 0 amide bonds. The average Bonchev–Trinajstić information content (AvgIpc) is 2.91. The highest BCUT2D eigenvalue weighted by Crippen LogP contribution is 2.39. The molecule has 1 unspecified atom stereocenters. The normalized spacial score (nSPS) is 15.8. The van der Waals surface area contributed by atoms with Gasteiger partial charge in [-0.15, -0.1) is 0 Å². The van der Waals surface area contributed by atoms with Crippen LogP contribution in [0.5, 0.6) is 5.75 Å². The molecule has 0 spiro atoms. The van der Waals surface area contributed by atoms with E-state index in [9.17, 15) is 4.79 Å². The molecule has 0 saturated heterocycles. The number of carbonyl (C=O) groups excluding carboxylic acids is 1. The third kappa shape index (κ3) is 4.88. The summed E-state index contributed by atoms with van der Waals surface area (Å²) in [4.78, 5) is 14.4. The van der Waals surface area contributed by atoms with Gasteiger partial charge >= 0.3 is 5.97 Å². The van der Waals surface area contributed by atoms with Crippen molar-refractivity contribution >= 4 is 28.1 Å². The molecule has 1 aliphatic rings. The van der Waals surface area contributed by atoms with Crippen LogP contribution >= 0.6 is 0 Å². The Kier molecular flexibility index (Phi) is 6.71. The van der Waals surface area contributed by atoms with Crippen LogP contribution in [0.1, 0.15) is 48.0 Å². The molecule has 0 saturated carbocycles. The predicted octanol–water partition coefficient (Wildman–Crippen LogP) is 7.50. The maximum Gasteiger partial charge on any atom is 0.337 e. The van der Waals surface area contributed by atoms with Crippen LogP contribution in [0.25, 0.3) is 10.8 Å². The highest BCUT2D eigenvalue weighted by Gasteiger charge is 2.27. The molecule has 0 radical (unpaired) electrons. The molecule has 0 N–H and O–H groups in total. The Morgan fingerprint density at radius 1 is 1.00 bits per heavy atom. The molecule has 0 aromatic heterocycles. The van der Waals surface area contributed by atoms with Gasteiger partial charge in [0, 0.05) is 5.69 Å². The number of nitrogens with zero attached hydrogens (tertiary/aromatic N) is 1. The van der Waals surface area contributed by atoms with Gasteiger partial charge in [0.15, 0.2) is 0 Å². The van der Waals surface area contributed by atoms with Gasteiger partial charge in [-0.3, -0.25) is 0 Å². The molecule has 4 aromatic carbocycles. The highest BCUT2D eigenvalue weighted by molar-refractivity contribution is 5.91. The lowest BCUT2D eigenvalue weighted by Gasteiger charge is -2.36. The lowest BCUT2D eigenvalue weighted by atomic mass is 9.90. The Morgan fingerprint density at radius 2 is 1.77 bits per heavy atom. The average molecular weight is 466 g/mol. The van der Waals surface area contributed by atoms with Crippen LogP contribution < -0.4 is 9.64 Å². The second-order valence-corrected chi connectivity index (χ2v) is 9.26. The highest BCUT2D eigenvalue weighted by atomic mass is 16.5. The van der Waals surface area contributed by atoms with Gasteiger partial charge in [-0.1, -0.05) is 67.6 Å². The van der Waals surface area contributed by atoms with Gasteiger partial charge in [0.2, 0.25) is 0 Å². The topological polar surface area (TPSA) is 38.8 Å². The summed E-state index contributed by atoms with van der Waals surface area (Å²) in [6.07, 6.45) is 3.23. The van der Waals surface area contributed by atoms with Crippen LogP contribution in [-0.2, 0) is 4.74 Å². The molecule has 178 valence electrons. The number of benzene rings is 4. The lowest BCUT2D eigenvalue weighted by Crippen LogP contribution is -2.37. The van der Waals surface area contributed by atoms with Crippen molar-refractivity contribution in [2.75, 3.05) is 18.6 Å². The lowest BCUT2D eigenvalue weighted by molar-refractivity contribution is 0.0601. The maximum atomic E-state index is 12.1. The van der Waals surface area contributed by atoms with Gasteiger partial charge in [-0.05, 0) is 71.8 Å². The molecule has 1 aliphatic heterocycles. The number of fused-ring (bicyclic) bond motifs is 2. The number of hydrogen-bond acceptors (Lipinski definition) is 4. The zero-order valence-corrected chi connectivity index (χ0v) is 20.3.